The van der Waals surface area contributed by atoms with Crippen molar-refractivity contribution in [2.45, 2.75) is 11.4 Å². The first kappa shape index (κ1) is 23.4. The van der Waals surface area contributed by atoms with Crippen LogP contribution in [0.1, 0.15) is 10.4 Å². The van der Waals surface area contributed by atoms with Crippen LogP contribution >= 0.6 is 11.3 Å². The summed E-state index contributed by atoms with van der Waals surface area (Å²) in [4.78, 5) is 16.9. The Morgan fingerprint density at radius 2 is 1.79 bits per heavy atom. The van der Waals surface area contributed by atoms with Crippen LogP contribution in [0.2, 0.25) is 0 Å². The maximum Gasteiger partial charge on any atom is 0.279 e. The van der Waals surface area contributed by atoms with Crippen molar-refractivity contribution < 1.29 is 22.0 Å². The predicted molar refractivity (Wildman–Crippen MR) is 127 cm³/mol. The normalized spacial score (nSPS) is 12.0. The van der Waals surface area contributed by atoms with Crippen molar-refractivity contribution in [1.29, 1.82) is 0 Å². The van der Waals surface area contributed by atoms with Crippen LogP contribution in [0.3, 0.4) is 0 Å². The first-order valence-electron chi connectivity index (χ1n) is 9.87. The van der Waals surface area contributed by atoms with Crippen molar-refractivity contribution in [1.82, 2.24) is 4.57 Å². The second-order valence-electron chi connectivity index (χ2n) is 7.16. The SMILES string of the molecule is C#CCn1c(=NC(=O)c2ccc(S(=O)(=O)N(C)c3ccccc3)cc2)sc2cc(F)cc(F)c21. The van der Waals surface area contributed by atoms with Crippen molar-refractivity contribution in [2.24, 2.45) is 4.99 Å². The summed E-state index contributed by atoms with van der Waals surface area (Å²) in [5.74, 6) is 0.122. The Balaban J connectivity index is 1.69. The van der Waals surface area contributed by atoms with Gasteiger partial charge < -0.3 is 4.57 Å². The zero-order valence-corrected chi connectivity index (χ0v) is 19.4. The van der Waals surface area contributed by atoms with Gasteiger partial charge in [0.05, 0.1) is 27.3 Å². The predicted octanol–water partition coefficient (Wildman–Crippen LogP) is 4.18. The molecular formula is C24H17F2N3O3S2. The number of halogens is 2. The molecule has 0 saturated carbocycles. The van der Waals surface area contributed by atoms with Crippen LogP contribution < -0.4 is 9.11 Å². The molecule has 0 spiro atoms. The van der Waals surface area contributed by atoms with Gasteiger partial charge in [-0.25, -0.2) is 17.2 Å². The number of fused-ring (bicyclic) bond motifs is 1. The van der Waals surface area contributed by atoms with Gasteiger partial charge in [0, 0.05) is 18.7 Å². The molecule has 6 nitrogen and oxygen atoms in total. The Morgan fingerprint density at radius 1 is 1.12 bits per heavy atom. The minimum absolute atomic E-state index is 0.00259. The molecule has 0 radical (unpaired) electrons. The summed E-state index contributed by atoms with van der Waals surface area (Å²) >= 11 is 0.921. The molecule has 0 aliphatic heterocycles. The van der Waals surface area contributed by atoms with Crippen molar-refractivity contribution in [3.8, 4) is 12.3 Å². The van der Waals surface area contributed by atoms with Gasteiger partial charge in [-0.1, -0.05) is 35.5 Å². The average molecular weight is 498 g/mol. The number of aromatic nitrogens is 1. The van der Waals surface area contributed by atoms with Gasteiger partial charge >= 0.3 is 0 Å². The lowest BCUT2D eigenvalue weighted by Gasteiger charge is -2.19. The van der Waals surface area contributed by atoms with Crippen LogP contribution in [0.25, 0.3) is 10.2 Å². The van der Waals surface area contributed by atoms with Crippen LogP contribution in [-0.2, 0) is 16.6 Å². The average Bonchev–Trinajstić information content (AvgIpc) is 3.16. The Kier molecular flexibility index (Phi) is 6.32. The number of anilines is 1. The van der Waals surface area contributed by atoms with E-state index in [-0.39, 0.29) is 32.0 Å². The molecule has 4 rings (SSSR count). The van der Waals surface area contributed by atoms with E-state index in [9.17, 15) is 22.0 Å². The highest BCUT2D eigenvalue weighted by Gasteiger charge is 2.21. The van der Waals surface area contributed by atoms with Gasteiger partial charge in [-0.15, -0.1) is 6.42 Å². The summed E-state index contributed by atoms with van der Waals surface area (Å²) in [7, 11) is -2.41. The second kappa shape index (κ2) is 9.21. The van der Waals surface area contributed by atoms with E-state index in [2.05, 4.69) is 10.9 Å². The number of para-hydroxylation sites is 1. The maximum absolute atomic E-state index is 14.3. The van der Waals surface area contributed by atoms with Crippen molar-refractivity contribution in [3.63, 3.8) is 0 Å². The standard InChI is InChI=1S/C24H17F2N3O3S2/c1-3-13-29-22-20(26)14-17(25)15-21(22)33-24(29)27-23(30)16-9-11-19(12-10-16)34(31,32)28(2)18-7-5-4-6-8-18/h1,4-12,14-15H,13H2,2H3. The fourth-order valence-corrected chi connectivity index (χ4v) is 5.57. The van der Waals surface area contributed by atoms with Gasteiger partial charge in [-0.3, -0.25) is 9.10 Å². The Bertz CT molecular complexity index is 1600. The van der Waals surface area contributed by atoms with E-state index in [4.69, 9.17) is 6.42 Å². The van der Waals surface area contributed by atoms with Gasteiger partial charge in [-0.05, 0) is 42.5 Å². The highest BCUT2D eigenvalue weighted by atomic mass is 32.2. The van der Waals surface area contributed by atoms with E-state index in [1.54, 1.807) is 30.3 Å². The molecule has 0 atom stereocenters. The number of carbonyl (C=O) groups is 1. The largest absolute Gasteiger partial charge is 0.302 e. The molecule has 172 valence electrons. The molecule has 0 aliphatic rings. The van der Waals surface area contributed by atoms with Crippen molar-refractivity contribution in [3.05, 3.63) is 88.7 Å². The lowest BCUT2D eigenvalue weighted by molar-refractivity contribution is 0.0997. The molecule has 0 bridgehead atoms. The molecule has 10 heteroatoms. The summed E-state index contributed by atoms with van der Waals surface area (Å²) < 4.78 is 56.5. The Labute approximate surface area is 198 Å². The third-order valence-corrected chi connectivity index (χ3v) is 7.85. The molecule has 4 aromatic rings. The number of benzene rings is 3. The van der Waals surface area contributed by atoms with E-state index < -0.39 is 27.6 Å². The quantitative estimate of drug-likeness (QED) is 0.389. The second-order valence-corrected chi connectivity index (χ2v) is 10.1. The van der Waals surface area contributed by atoms with Gasteiger partial charge in [0.2, 0.25) is 0 Å². The molecule has 0 fully saturated rings. The summed E-state index contributed by atoms with van der Waals surface area (Å²) in [5.41, 5.74) is 0.670. The Morgan fingerprint density at radius 3 is 2.44 bits per heavy atom. The van der Waals surface area contributed by atoms with Crippen LogP contribution in [0.15, 0.2) is 76.6 Å². The number of terminal acetylenes is 1. The number of thiazole rings is 1. The minimum atomic E-state index is -3.84. The smallest absolute Gasteiger partial charge is 0.279 e. The number of carbonyl (C=O) groups excluding carboxylic acids is 1. The monoisotopic (exact) mass is 497 g/mol. The lowest BCUT2D eigenvalue weighted by atomic mass is 10.2. The van der Waals surface area contributed by atoms with E-state index in [0.717, 1.165) is 27.8 Å². The molecule has 1 aromatic heterocycles. The zero-order valence-electron chi connectivity index (χ0n) is 17.8. The van der Waals surface area contributed by atoms with Crippen LogP contribution in [0, 0.1) is 24.0 Å². The number of rotatable bonds is 5. The molecule has 34 heavy (non-hydrogen) atoms. The van der Waals surface area contributed by atoms with Gasteiger partial charge in [0.1, 0.15) is 5.82 Å². The number of nitrogens with zero attached hydrogens (tertiary/aromatic N) is 3. The summed E-state index contributed by atoms with van der Waals surface area (Å²) in [6, 6.07) is 15.8. The van der Waals surface area contributed by atoms with E-state index >= 15 is 0 Å². The molecule has 1 heterocycles. The number of amides is 1. The molecule has 3 aromatic carbocycles. The summed E-state index contributed by atoms with van der Waals surface area (Å²) in [6.07, 6.45) is 5.38. The Hall–Kier alpha value is -3.81. The van der Waals surface area contributed by atoms with Crippen LogP contribution in [0.5, 0.6) is 0 Å². The minimum Gasteiger partial charge on any atom is -0.302 e. The number of hydrogen-bond donors (Lipinski definition) is 0. The van der Waals surface area contributed by atoms with Gasteiger partial charge in [-0.2, -0.15) is 4.99 Å². The van der Waals surface area contributed by atoms with E-state index in [0.29, 0.717) is 5.69 Å². The topological polar surface area (TPSA) is 71.7 Å². The highest BCUT2D eigenvalue weighted by Crippen LogP contribution is 2.23. The molecule has 0 saturated heterocycles. The van der Waals surface area contributed by atoms with Crippen LogP contribution in [-0.4, -0.2) is 25.9 Å². The van der Waals surface area contributed by atoms with Gasteiger partial charge in [0.15, 0.2) is 10.6 Å². The lowest BCUT2D eigenvalue weighted by Crippen LogP contribution is -2.26. The third-order valence-electron chi connectivity index (χ3n) is 5.02. The molecule has 1 amide bonds. The summed E-state index contributed by atoms with van der Waals surface area (Å²) in [6.45, 7) is -0.0718. The fraction of sp³-hybridized carbons (Fsp3) is 0.0833. The molecule has 0 aliphatic carbocycles. The zero-order chi connectivity index (χ0) is 24.5. The van der Waals surface area contributed by atoms with Crippen LogP contribution in [0.4, 0.5) is 14.5 Å². The molecule has 0 N–H and O–H groups in total. The number of sulfonamides is 1. The first-order chi connectivity index (χ1) is 16.2. The van der Waals surface area contributed by atoms with Crippen molar-refractivity contribution >= 4 is 43.2 Å². The highest BCUT2D eigenvalue weighted by molar-refractivity contribution is 7.92. The number of hydrogen-bond acceptors (Lipinski definition) is 4. The fourth-order valence-electron chi connectivity index (χ4n) is 3.31. The first-order valence-corrected chi connectivity index (χ1v) is 12.1. The van der Waals surface area contributed by atoms with E-state index in [1.807, 2.05) is 0 Å². The van der Waals surface area contributed by atoms with Gasteiger partial charge in [0.25, 0.3) is 15.9 Å². The van der Waals surface area contributed by atoms with Crippen molar-refractivity contribution in [2.75, 3.05) is 11.4 Å². The maximum atomic E-state index is 14.3. The van der Waals surface area contributed by atoms with E-state index in [1.165, 1.54) is 35.9 Å². The third kappa shape index (κ3) is 4.35. The molecular weight excluding hydrogens is 480 g/mol. The summed E-state index contributed by atoms with van der Waals surface area (Å²) in [5, 5.41) is 0. The molecule has 0 unspecified atom stereocenters.